The van der Waals surface area contributed by atoms with Crippen LogP contribution >= 0.6 is 23.2 Å². The van der Waals surface area contributed by atoms with Crippen LogP contribution in [0.25, 0.3) is 0 Å². The smallest absolute Gasteiger partial charge is 0.321 e. The molecule has 3 N–H and O–H groups in total. The zero-order chi connectivity index (χ0) is 20.0. The maximum atomic E-state index is 14.4. The summed E-state index contributed by atoms with van der Waals surface area (Å²) in [7, 11) is 0. The van der Waals surface area contributed by atoms with E-state index in [0.29, 0.717) is 6.42 Å². The van der Waals surface area contributed by atoms with Crippen LogP contribution in [-0.2, 0) is 9.59 Å². The van der Waals surface area contributed by atoms with Crippen LogP contribution in [0.2, 0.25) is 10.0 Å². The van der Waals surface area contributed by atoms with Crippen LogP contribution in [0.5, 0.6) is 0 Å². The number of hydrogen-bond acceptors (Lipinski definition) is 3. The second kappa shape index (κ2) is 9.90. The number of imide groups is 1. The average Bonchev–Trinajstić information content (AvgIpc) is 2.78. The van der Waals surface area contributed by atoms with Crippen molar-refractivity contribution in [3.05, 3.63) is 33.6 Å². The van der Waals surface area contributed by atoms with Gasteiger partial charge in [0, 0.05) is 18.5 Å². The average molecular weight is 418 g/mol. The molecule has 2 rings (SSSR count). The first kappa shape index (κ1) is 21.4. The Labute approximate surface area is 167 Å². The lowest BCUT2D eigenvalue weighted by Gasteiger charge is -2.24. The highest BCUT2D eigenvalue weighted by atomic mass is 35.5. The summed E-state index contributed by atoms with van der Waals surface area (Å²) in [6, 6.07) is 1.25. The Morgan fingerprint density at radius 2 is 2.07 bits per heavy atom. The van der Waals surface area contributed by atoms with E-state index in [4.69, 9.17) is 23.2 Å². The van der Waals surface area contributed by atoms with Crippen LogP contribution in [0, 0.1) is 11.7 Å². The number of nitrogens with one attached hydrogen (secondary N) is 3. The molecule has 0 aromatic heterocycles. The van der Waals surface area contributed by atoms with Gasteiger partial charge in [0.05, 0.1) is 22.0 Å². The minimum Gasteiger partial charge on any atom is -0.349 e. The summed E-state index contributed by atoms with van der Waals surface area (Å²) in [5.74, 6) is -2.31. The van der Waals surface area contributed by atoms with E-state index in [0.717, 1.165) is 19.3 Å². The van der Waals surface area contributed by atoms with Crippen molar-refractivity contribution in [2.45, 2.75) is 45.1 Å². The molecule has 148 valence electrons. The number of amides is 4. The summed E-state index contributed by atoms with van der Waals surface area (Å²) >= 11 is 12.2. The number of carbonyl (C=O) groups is 3. The van der Waals surface area contributed by atoms with E-state index in [1.807, 2.05) is 6.92 Å². The maximum absolute atomic E-state index is 14.4. The van der Waals surface area contributed by atoms with Gasteiger partial charge in [-0.25, -0.2) is 9.18 Å². The first-order valence-corrected chi connectivity index (χ1v) is 9.60. The lowest BCUT2D eigenvalue weighted by molar-refractivity contribution is -0.129. The molecule has 0 spiro atoms. The molecule has 0 saturated carbocycles. The van der Waals surface area contributed by atoms with E-state index in [9.17, 15) is 18.8 Å². The number of hydrogen-bond donors (Lipinski definition) is 3. The molecule has 1 aliphatic rings. The number of urea groups is 1. The fourth-order valence-electron chi connectivity index (χ4n) is 2.96. The van der Waals surface area contributed by atoms with Gasteiger partial charge in [0.1, 0.15) is 5.82 Å². The molecule has 1 heterocycles. The fraction of sp³-hybridized carbons (Fsp3) is 0.500. The molecule has 0 bridgehead atoms. The summed E-state index contributed by atoms with van der Waals surface area (Å²) in [5, 5.41) is 7.60. The van der Waals surface area contributed by atoms with Gasteiger partial charge in [-0.1, -0.05) is 49.4 Å². The third-order valence-electron chi connectivity index (χ3n) is 4.41. The standard InChI is InChI=1S/C18H22Cl2FN3O3/c1-2-3-4-5-13(15-12(21)7-6-11(19)16(15)20)23-17(26)10-8-14(25)24-18(27)22-9-10/h6-7,10,13H,2-5,8-9H2,1H3,(H,23,26)(H2,22,24,25,27). The highest BCUT2D eigenvalue weighted by Gasteiger charge is 2.30. The number of benzene rings is 1. The van der Waals surface area contributed by atoms with Crippen LogP contribution in [0.4, 0.5) is 9.18 Å². The van der Waals surface area contributed by atoms with Crippen LogP contribution < -0.4 is 16.0 Å². The van der Waals surface area contributed by atoms with Crippen LogP contribution in [0.15, 0.2) is 12.1 Å². The third-order valence-corrected chi connectivity index (χ3v) is 5.22. The number of unbranched alkanes of at least 4 members (excludes halogenated alkanes) is 2. The lowest BCUT2D eigenvalue weighted by Crippen LogP contribution is -2.39. The summed E-state index contributed by atoms with van der Waals surface area (Å²) in [6.45, 7) is 2.05. The van der Waals surface area contributed by atoms with Crippen LogP contribution in [0.1, 0.15) is 50.6 Å². The van der Waals surface area contributed by atoms with Crippen LogP contribution in [-0.4, -0.2) is 24.4 Å². The van der Waals surface area contributed by atoms with Gasteiger partial charge < -0.3 is 10.6 Å². The van der Waals surface area contributed by atoms with Gasteiger partial charge >= 0.3 is 6.03 Å². The SMILES string of the molecule is CCCCCC(NC(=O)C1CNC(=O)NC(=O)C1)c1c(F)ccc(Cl)c1Cl. The van der Waals surface area contributed by atoms with E-state index < -0.39 is 35.6 Å². The molecule has 4 amide bonds. The maximum Gasteiger partial charge on any atom is 0.321 e. The largest absolute Gasteiger partial charge is 0.349 e. The Bertz CT molecular complexity index is 730. The van der Waals surface area contributed by atoms with Gasteiger partial charge in [-0.2, -0.15) is 0 Å². The second-order valence-electron chi connectivity index (χ2n) is 6.47. The van der Waals surface area contributed by atoms with Gasteiger partial charge in [0.25, 0.3) is 0 Å². The highest BCUT2D eigenvalue weighted by molar-refractivity contribution is 6.42. The monoisotopic (exact) mass is 417 g/mol. The van der Waals surface area contributed by atoms with Crippen molar-refractivity contribution in [2.75, 3.05) is 6.54 Å². The molecule has 27 heavy (non-hydrogen) atoms. The number of halogens is 3. The summed E-state index contributed by atoms with van der Waals surface area (Å²) in [4.78, 5) is 35.7. The molecule has 9 heteroatoms. The molecule has 1 aliphatic heterocycles. The van der Waals surface area contributed by atoms with Gasteiger partial charge in [-0.05, 0) is 18.6 Å². The van der Waals surface area contributed by atoms with Crippen molar-refractivity contribution >= 4 is 41.0 Å². The van der Waals surface area contributed by atoms with E-state index >= 15 is 0 Å². The van der Waals surface area contributed by atoms with Crippen molar-refractivity contribution in [2.24, 2.45) is 5.92 Å². The van der Waals surface area contributed by atoms with E-state index in [1.165, 1.54) is 12.1 Å². The van der Waals surface area contributed by atoms with Crippen molar-refractivity contribution < 1.29 is 18.8 Å². The Morgan fingerprint density at radius 1 is 1.33 bits per heavy atom. The molecule has 2 unspecified atom stereocenters. The minimum absolute atomic E-state index is 0.0108. The topological polar surface area (TPSA) is 87.3 Å². The molecular weight excluding hydrogens is 396 g/mol. The van der Waals surface area contributed by atoms with E-state index in [-0.39, 0.29) is 28.6 Å². The fourth-order valence-corrected chi connectivity index (χ4v) is 3.41. The molecule has 1 saturated heterocycles. The zero-order valence-electron chi connectivity index (χ0n) is 14.9. The normalized spacial score (nSPS) is 18.3. The quantitative estimate of drug-likeness (QED) is 0.466. The first-order valence-electron chi connectivity index (χ1n) is 8.84. The zero-order valence-corrected chi connectivity index (χ0v) is 16.4. The van der Waals surface area contributed by atoms with Gasteiger partial charge in [-0.3, -0.25) is 14.9 Å². The van der Waals surface area contributed by atoms with Crippen molar-refractivity contribution in [3.63, 3.8) is 0 Å². The number of carbonyl (C=O) groups excluding carboxylic acids is 3. The van der Waals surface area contributed by atoms with Gasteiger partial charge in [0.15, 0.2) is 0 Å². The van der Waals surface area contributed by atoms with Crippen molar-refractivity contribution in [1.82, 2.24) is 16.0 Å². The highest BCUT2D eigenvalue weighted by Crippen LogP contribution is 2.34. The summed E-state index contributed by atoms with van der Waals surface area (Å²) < 4.78 is 14.4. The first-order chi connectivity index (χ1) is 12.8. The Kier molecular flexibility index (Phi) is 7.86. The van der Waals surface area contributed by atoms with Crippen molar-refractivity contribution in [3.8, 4) is 0 Å². The molecule has 1 fully saturated rings. The Hall–Kier alpha value is -1.86. The molecule has 6 nitrogen and oxygen atoms in total. The van der Waals surface area contributed by atoms with E-state index in [2.05, 4.69) is 16.0 Å². The van der Waals surface area contributed by atoms with Gasteiger partial charge in [0.2, 0.25) is 11.8 Å². The van der Waals surface area contributed by atoms with E-state index in [1.54, 1.807) is 0 Å². The summed E-state index contributed by atoms with van der Waals surface area (Å²) in [5.41, 5.74) is 0.135. The molecule has 0 radical (unpaired) electrons. The minimum atomic E-state index is -0.758. The molecular formula is C18H22Cl2FN3O3. The third kappa shape index (κ3) is 5.81. The van der Waals surface area contributed by atoms with Gasteiger partial charge in [-0.15, -0.1) is 0 Å². The van der Waals surface area contributed by atoms with Crippen molar-refractivity contribution in [1.29, 1.82) is 0 Å². The predicted octanol–water partition coefficient (Wildman–Crippen LogP) is 3.72. The second-order valence-corrected chi connectivity index (χ2v) is 7.26. The lowest BCUT2D eigenvalue weighted by atomic mass is 9.97. The molecule has 0 aliphatic carbocycles. The predicted molar refractivity (Wildman–Crippen MR) is 101 cm³/mol. The molecule has 2 atom stereocenters. The molecule has 1 aromatic carbocycles. The number of rotatable bonds is 7. The Morgan fingerprint density at radius 3 is 2.78 bits per heavy atom. The molecule has 1 aromatic rings. The van der Waals surface area contributed by atoms with Crippen LogP contribution in [0.3, 0.4) is 0 Å². The Balaban J connectivity index is 2.22. The summed E-state index contributed by atoms with van der Waals surface area (Å²) in [6.07, 6.45) is 2.96.